The number of rotatable bonds is 0. The van der Waals surface area contributed by atoms with Gasteiger partial charge in [-0.25, -0.2) is 44.2 Å². The van der Waals surface area contributed by atoms with Gasteiger partial charge in [-0.15, -0.1) is 0 Å². The van der Waals surface area contributed by atoms with Crippen LogP contribution in [-0.2, 0) is 33.3 Å². The Labute approximate surface area is 124 Å². The number of isocyanates is 2. The van der Waals surface area contributed by atoms with Crippen LogP contribution in [0.15, 0.2) is 0 Å². The molecule has 0 saturated heterocycles. The molecule has 0 saturated carbocycles. The maximum Gasteiger partial charge on any atom is 0.466 e. The lowest BCUT2D eigenvalue weighted by molar-refractivity contribution is -0.159. The highest BCUT2D eigenvalue weighted by molar-refractivity contribution is 7.45. The quantitative estimate of drug-likeness (QED) is 0.0906. The van der Waals surface area contributed by atoms with Gasteiger partial charge < -0.3 is 35.1 Å². The van der Waals surface area contributed by atoms with Crippen LogP contribution < -0.4 is 0 Å². The molecule has 0 rings (SSSR count). The van der Waals surface area contributed by atoms with Crippen molar-refractivity contribution in [3.63, 3.8) is 0 Å². The summed E-state index contributed by atoms with van der Waals surface area (Å²) in [6.45, 7) is 0. The first-order valence-electron chi connectivity index (χ1n) is 3.90. The Morgan fingerprint density at radius 3 is 0.696 bits per heavy atom. The van der Waals surface area contributed by atoms with Crippen molar-refractivity contribution in [2.45, 2.75) is 0 Å². The van der Waals surface area contributed by atoms with E-state index in [1.54, 1.807) is 0 Å². The summed E-state index contributed by atoms with van der Waals surface area (Å²) in [6, 6.07) is 0. The van der Waals surface area contributed by atoms with Crippen molar-refractivity contribution in [2.24, 2.45) is 0 Å². The maximum absolute atomic E-state index is 9.10. The zero-order valence-corrected chi connectivity index (χ0v) is 11.3. The van der Waals surface area contributed by atoms with Crippen molar-refractivity contribution in [1.29, 1.82) is 10.8 Å². The Morgan fingerprint density at radius 2 is 0.696 bits per heavy atom. The lowest BCUT2D eigenvalue weighted by Crippen LogP contribution is -2.09. The summed E-state index contributed by atoms with van der Waals surface area (Å²) in [7, 11) is -4.64. The number of nitrogens with one attached hydrogen (secondary N) is 2. The van der Waals surface area contributed by atoms with E-state index in [4.69, 9.17) is 79.3 Å². The predicted octanol–water partition coefficient (Wildman–Crippen LogP) is -2.82. The summed E-state index contributed by atoms with van der Waals surface area (Å²) in [5, 5.41) is 40.4. The summed E-state index contributed by atoms with van der Waals surface area (Å²) in [6.07, 6.45) is 1.50. The first kappa shape index (κ1) is 31.9. The second kappa shape index (κ2) is 21.1. The van der Waals surface area contributed by atoms with E-state index in [9.17, 15) is 0 Å². The minimum Gasteiger partial charge on any atom is -0.473 e. The number of hydrogen-bond donors (Lipinski definition) is 9. The Balaban J connectivity index is -0.0000000606. The number of carbonyl (C=O) groups is 4. The normalized spacial score (nSPS) is 7.09. The number of phosphoric acid groups is 1. The molecule has 16 nitrogen and oxygen atoms in total. The van der Waals surface area contributed by atoms with Crippen LogP contribution in [0.3, 0.4) is 0 Å². The topological polar surface area (TPSA) is 309 Å². The van der Waals surface area contributed by atoms with Gasteiger partial charge in [-0.3, -0.25) is 0 Å². The fraction of sp³-hybridized carbons (Fsp3) is 0. The fourth-order valence-electron chi connectivity index (χ4n) is 0. The molecular formula is C6H9N2O14P. The van der Waals surface area contributed by atoms with Crippen molar-refractivity contribution in [3.8, 4) is 0 Å². The lowest BCUT2D eigenvalue weighted by atomic mass is 10.7. The smallest absolute Gasteiger partial charge is 0.466 e. The highest BCUT2D eigenvalue weighted by Gasteiger charge is 2.04. The molecule has 17 heteroatoms. The lowest BCUT2D eigenvalue weighted by Gasteiger charge is -1.82. The Bertz CT molecular complexity index is 425. The van der Waals surface area contributed by atoms with Gasteiger partial charge in [-0.2, -0.15) is 0 Å². The maximum atomic E-state index is 9.10. The molecule has 0 aliphatic carbocycles. The summed E-state index contributed by atoms with van der Waals surface area (Å²) >= 11 is 0. The van der Waals surface area contributed by atoms with Gasteiger partial charge in [-0.05, 0) is 0 Å². The summed E-state index contributed by atoms with van der Waals surface area (Å²) in [5.74, 6) is -7.30. The molecule has 0 atom stereocenters. The molecule has 0 aliphatic rings. The second-order valence-electron chi connectivity index (χ2n) is 1.94. The van der Waals surface area contributed by atoms with Crippen LogP contribution in [0.25, 0.3) is 0 Å². The predicted molar refractivity (Wildman–Crippen MR) is 61.6 cm³/mol. The van der Waals surface area contributed by atoms with Crippen LogP contribution in [0.1, 0.15) is 0 Å². The van der Waals surface area contributed by atoms with E-state index in [0.29, 0.717) is 0 Å². The van der Waals surface area contributed by atoms with Gasteiger partial charge in [0.15, 0.2) is 0 Å². The first-order valence-corrected chi connectivity index (χ1v) is 5.47. The number of aliphatic carboxylic acids is 4. The van der Waals surface area contributed by atoms with Gasteiger partial charge in [-0.1, -0.05) is 0 Å². The molecular weight excluding hydrogens is 355 g/mol. The van der Waals surface area contributed by atoms with Crippen molar-refractivity contribution in [1.82, 2.24) is 0 Å². The SMILES string of the molecule is N=C=O.N=C=O.O=C(O)C(=O)O.O=C(O)C(=O)O.O=P(O)(O)O. The number of carboxylic acid groups (broad SMARTS) is 4. The van der Waals surface area contributed by atoms with Crippen molar-refractivity contribution < 1.29 is 68.4 Å². The summed E-state index contributed by atoms with van der Waals surface area (Å²) < 4.78 is 8.88. The zero-order chi connectivity index (χ0) is 20.2. The molecule has 0 bridgehead atoms. The molecule has 0 fully saturated rings. The van der Waals surface area contributed by atoms with Crippen LogP contribution in [0.4, 0.5) is 0 Å². The highest BCUT2D eigenvalue weighted by atomic mass is 31.2. The van der Waals surface area contributed by atoms with Gasteiger partial charge >= 0.3 is 31.7 Å². The average molecular weight is 364 g/mol. The number of carbonyl (C=O) groups excluding carboxylic acids is 2. The highest BCUT2D eigenvalue weighted by Crippen LogP contribution is 2.25. The molecule has 0 heterocycles. The van der Waals surface area contributed by atoms with Crippen molar-refractivity contribution in [3.05, 3.63) is 0 Å². The largest absolute Gasteiger partial charge is 0.473 e. The molecule has 0 aliphatic heterocycles. The molecule has 0 spiro atoms. The van der Waals surface area contributed by atoms with E-state index in [2.05, 4.69) is 0 Å². The molecule has 0 radical (unpaired) electrons. The minimum absolute atomic E-state index is 0.750. The molecule has 0 aromatic carbocycles. The van der Waals surface area contributed by atoms with Crippen LogP contribution in [0.2, 0.25) is 0 Å². The van der Waals surface area contributed by atoms with E-state index in [0.717, 1.165) is 12.2 Å². The summed E-state index contributed by atoms with van der Waals surface area (Å²) in [5.41, 5.74) is 0. The third kappa shape index (κ3) is 233. The van der Waals surface area contributed by atoms with Crippen molar-refractivity contribution in [2.75, 3.05) is 0 Å². The van der Waals surface area contributed by atoms with Gasteiger partial charge in [0.05, 0.1) is 0 Å². The van der Waals surface area contributed by atoms with E-state index in [-0.39, 0.29) is 0 Å². The van der Waals surface area contributed by atoms with Crippen LogP contribution in [-0.4, -0.2) is 71.1 Å². The van der Waals surface area contributed by atoms with Gasteiger partial charge in [0.25, 0.3) is 0 Å². The van der Waals surface area contributed by atoms with E-state index in [1.807, 2.05) is 0 Å². The molecule has 0 aromatic rings. The van der Waals surface area contributed by atoms with E-state index < -0.39 is 31.7 Å². The van der Waals surface area contributed by atoms with E-state index in [1.165, 1.54) is 0 Å². The van der Waals surface area contributed by atoms with Gasteiger partial charge in [0.1, 0.15) is 0 Å². The summed E-state index contributed by atoms with van der Waals surface area (Å²) in [4.78, 5) is 74.7. The molecule has 23 heavy (non-hydrogen) atoms. The van der Waals surface area contributed by atoms with Crippen LogP contribution >= 0.6 is 7.82 Å². The van der Waals surface area contributed by atoms with Gasteiger partial charge in [0.2, 0.25) is 12.2 Å². The second-order valence-corrected chi connectivity index (χ2v) is 2.96. The molecule has 132 valence electrons. The number of carboxylic acids is 4. The third-order valence-electron chi connectivity index (χ3n) is 0.366. The zero-order valence-electron chi connectivity index (χ0n) is 10.4. The molecule has 0 aromatic heterocycles. The molecule has 0 amide bonds. The Morgan fingerprint density at radius 1 is 0.652 bits per heavy atom. The minimum atomic E-state index is -4.64. The van der Waals surface area contributed by atoms with Crippen molar-refractivity contribution >= 4 is 43.9 Å². The average Bonchev–Trinajstić information content (AvgIpc) is 2.29. The van der Waals surface area contributed by atoms with Crippen LogP contribution in [0.5, 0.6) is 0 Å². The number of hydrogen-bond acceptors (Lipinski definition) is 9. The van der Waals surface area contributed by atoms with Crippen LogP contribution in [0, 0.1) is 10.8 Å². The van der Waals surface area contributed by atoms with E-state index >= 15 is 0 Å². The first-order chi connectivity index (χ1) is 10.1. The monoisotopic (exact) mass is 364 g/mol. The third-order valence-corrected chi connectivity index (χ3v) is 0.366. The fourth-order valence-corrected chi connectivity index (χ4v) is 0. The Hall–Kier alpha value is -3.25. The molecule has 9 N–H and O–H groups in total. The molecule has 0 unspecified atom stereocenters. The standard InChI is InChI=1S/2C2H2O4.2CHNO.H3O4P/c2*3-1(4)2(5)6;2*2-1-3;1-5(2,3)4/h2*(H,3,4)(H,5,6);2*2H;(H3,1,2,3,4). The van der Waals surface area contributed by atoms with Gasteiger partial charge in [0, 0.05) is 0 Å². The Kier molecular flexibility index (Phi) is 29.2.